The molecule has 6 heteroatoms. The van der Waals surface area contributed by atoms with Crippen molar-refractivity contribution in [2.45, 2.75) is 45.4 Å². The second-order valence-electron chi connectivity index (χ2n) is 8.42. The molecule has 0 bridgehead atoms. The number of amides is 1. The highest BCUT2D eigenvalue weighted by atomic mass is 32.2. The van der Waals surface area contributed by atoms with Crippen LogP contribution in [0.1, 0.15) is 60.9 Å². The van der Waals surface area contributed by atoms with Crippen LogP contribution in [0, 0.1) is 16.7 Å². The molecule has 0 aliphatic carbocycles. The summed E-state index contributed by atoms with van der Waals surface area (Å²) < 4.78 is 5.45. The van der Waals surface area contributed by atoms with Gasteiger partial charge in [0.05, 0.1) is 18.2 Å². The number of carbonyl (C=O) groups is 1. The molecular formula is C25H31N3O2S. The monoisotopic (exact) mass is 437 g/mol. The first kappa shape index (κ1) is 23.0. The Hall–Kier alpha value is -2.65. The lowest BCUT2D eigenvalue weighted by molar-refractivity contribution is 0.0931. The van der Waals surface area contributed by atoms with Gasteiger partial charge in [0.1, 0.15) is 5.75 Å². The average molecular weight is 438 g/mol. The van der Waals surface area contributed by atoms with Gasteiger partial charge in [0.25, 0.3) is 5.91 Å². The number of nitrogens with one attached hydrogen (secondary N) is 2. The first-order valence-electron chi connectivity index (χ1n) is 10.8. The van der Waals surface area contributed by atoms with Crippen LogP contribution in [-0.2, 0) is 0 Å². The Morgan fingerprint density at radius 2 is 2.00 bits per heavy atom. The minimum Gasteiger partial charge on any atom is -0.494 e. The lowest BCUT2D eigenvalue weighted by Crippen LogP contribution is -2.47. The molecule has 3 rings (SSSR count). The number of hydrogen-bond acceptors (Lipinski definition) is 5. The summed E-state index contributed by atoms with van der Waals surface area (Å²) >= 11 is 1.91. The first-order chi connectivity index (χ1) is 14.9. The normalized spacial score (nSPS) is 17.8. The van der Waals surface area contributed by atoms with Gasteiger partial charge in [-0.1, -0.05) is 20.8 Å². The molecule has 2 aromatic rings. The number of fused-ring (bicyclic) bond motifs is 1. The summed E-state index contributed by atoms with van der Waals surface area (Å²) in [6.07, 6.45) is 0.951. The summed E-state index contributed by atoms with van der Waals surface area (Å²) in [5, 5.41) is 16.4. The molecule has 0 fully saturated rings. The quantitative estimate of drug-likeness (QED) is 0.579. The fraction of sp³-hybridized carbons (Fsp3) is 0.440. The average Bonchev–Trinajstić information content (AvgIpc) is 2.78. The standard InChI is InChI=1S/C25H31N3O2S/c1-5-30-19-10-8-18(9-11-19)24(29)27-16-25(3,4)23-14-22(31-6-2)20-13-17(15-26)7-12-21(20)28-23/h7-13,22-23,28H,5-6,14,16H2,1-4H3,(H,27,29). The van der Waals surface area contributed by atoms with Gasteiger partial charge < -0.3 is 15.4 Å². The Morgan fingerprint density at radius 3 is 2.65 bits per heavy atom. The topological polar surface area (TPSA) is 74.1 Å². The SMILES string of the molecule is CCOc1ccc(C(=O)NCC(C)(C)C2CC(SCC)c3cc(C#N)ccc3N2)cc1. The predicted octanol–water partition coefficient (Wildman–Crippen LogP) is 5.39. The van der Waals surface area contributed by atoms with Gasteiger partial charge >= 0.3 is 0 Å². The molecule has 2 N–H and O–H groups in total. The zero-order valence-electron chi connectivity index (χ0n) is 18.7. The molecule has 0 saturated carbocycles. The van der Waals surface area contributed by atoms with Gasteiger partial charge in [-0.25, -0.2) is 0 Å². The van der Waals surface area contributed by atoms with Crippen molar-refractivity contribution in [1.29, 1.82) is 5.26 Å². The Bertz CT molecular complexity index is 950. The molecule has 1 aliphatic rings. The maximum absolute atomic E-state index is 12.7. The predicted molar refractivity (Wildman–Crippen MR) is 128 cm³/mol. The van der Waals surface area contributed by atoms with Crippen LogP contribution in [0.3, 0.4) is 0 Å². The minimum absolute atomic E-state index is 0.0783. The van der Waals surface area contributed by atoms with Crippen LogP contribution in [0.15, 0.2) is 42.5 Å². The molecular weight excluding hydrogens is 406 g/mol. The molecule has 1 aliphatic heterocycles. The lowest BCUT2D eigenvalue weighted by Gasteiger charge is -2.42. The maximum Gasteiger partial charge on any atom is 0.251 e. The van der Waals surface area contributed by atoms with Crippen LogP contribution in [0.5, 0.6) is 5.75 Å². The van der Waals surface area contributed by atoms with Crippen molar-refractivity contribution >= 4 is 23.4 Å². The van der Waals surface area contributed by atoms with Crippen LogP contribution in [0.25, 0.3) is 0 Å². The number of carbonyl (C=O) groups excluding carboxylic acids is 1. The number of rotatable bonds is 8. The van der Waals surface area contributed by atoms with E-state index in [1.807, 2.05) is 49.0 Å². The van der Waals surface area contributed by atoms with Gasteiger partial charge in [-0.2, -0.15) is 17.0 Å². The molecule has 164 valence electrons. The third-order valence-corrected chi connectivity index (χ3v) is 6.93. The number of nitrogens with zero attached hydrogens (tertiary/aromatic N) is 1. The molecule has 1 amide bonds. The van der Waals surface area contributed by atoms with E-state index in [1.165, 1.54) is 5.56 Å². The van der Waals surface area contributed by atoms with Crippen molar-refractivity contribution in [3.8, 4) is 11.8 Å². The molecule has 1 heterocycles. The highest BCUT2D eigenvalue weighted by Gasteiger charge is 2.36. The van der Waals surface area contributed by atoms with Gasteiger partial charge in [-0.3, -0.25) is 4.79 Å². The highest BCUT2D eigenvalue weighted by molar-refractivity contribution is 7.99. The summed E-state index contributed by atoms with van der Waals surface area (Å²) in [6, 6.07) is 15.6. The Morgan fingerprint density at radius 1 is 1.26 bits per heavy atom. The minimum atomic E-state index is -0.154. The Labute approximate surface area is 189 Å². The van der Waals surface area contributed by atoms with E-state index in [0.717, 1.165) is 23.6 Å². The maximum atomic E-state index is 12.7. The number of hydrogen-bond donors (Lipinski definition) is 2. The number of ether oxygens (including phenoxy) is 1. The van der Waals surface area contributed by atoms with E-state index in [-0.39, 0.29) is 17.4 Å². The second-order valence-corrected chi connectivity index (χ2v) is 9.90. The van der Waals surface area contributed by atoms with E-state index in [9.17, 15) is 10.1 Å². The van der Waals surface area contributed by atoms with Gasteiger partial charge in [-0.15, -0.1) is 0 Å². The number of nitriles is 1. The summed E-state index contributed by atoms with van der Waals surface area (Å²) in [7, 11) is 0. The molecule has 2 atom stereocenters. The van der Waals surface area contributed by atoms with Gasteiger partial charge in [-0.05, 0) is 67.1 Å². The summed E-state index contributed by atoms with van der Waals surface area (Å²) in [5.41, 5.74) is 3.47. The third kappa shape index (κ3) is 5.54. The zero-order valence-corrected chi connectivity index (χ0v) is 19.5. The number of thioether (sulfide) groups is 1. The van der Waals surface area contributed by atoms with Gasteiger partial charge in [0, 0.05) is 34.5 Å². The van der Waals surface area contributed by atoms with Gasteiger partial charge in [0.15, 0.2) is 0 Å². The van der Waals surface area contributed by atoms with E-state index < -0.39 is 0 Å². The zero-order chi connectivity index (χ0) is 22.4. The largest absolute Gasteiger partial charge is 0.494 e. The van der Waals surface area contributed by atoms with E-state index in [0.29, 0.717) is 29.5 Å². The molecule has 0 radical (unpaired) electrons. The van der Waals surface area contributed by atoms with Crippen LogP contribution < -0.4 is 15.4 Å². The third-order valence-electron chi connectivity index (χ3n) is 5.75. The Kier molecular flexibility index (Phi) is 7.50. The summed E-state index contributed by atoms with van der Waals surface area (Å²) in [6.45, 7) is 9.64. The van der Waals surface area contributed by atoms with E-state index in [1.54, 1.807) is 12.1 Å². The second kappa shape index (κ2) is 10.1. The molecule has 2 aromatic carbocycles. The molecule has 0 aromatic heterocycles. The number of anilines is 1. The fourth-order valence-corrected chi connectivity index (χ4v) is 5.00. The van der Waals surface area contributed by atoms with Crippen molar-refractivity contribution in [2.75, 3.05) is 24.2 Å². The fourth-order valence-electron chi connectivity index (χ4n) is 3.89. The van der Waals surface area contributed by atoms with E-state index in [2.05, 4.69) is 37.5 Å². The van der Waals surface area contributed by atoms with Crippen LogP contribution in [0.2, 0.25) is 0 Å². The molecule has 2 unspecified atom stereocenters. The molecule has 31 heavy (non-hydrogen) atoms. The van der Waals surface area contributed by atoms with Crippen molar-refractivity contribution in [1.82, 2.24) is 5.32 Å². The highest BCUT2D eigenvalue weighted by Crippen LogP contribution is 2.45. The smallest absolute Gasteiger partial charge is 0.251 e. The van der Waals surface area contributed by atoms with Crippen molar-refractivity contribution < 1.29 is 9.53 Å². The first-order valence-corrected chi connectivity index (χ1v) is 11.9. The lowest BCUT2D eigenvalue weighted by atomic mass is 9.78. The molecule has 5 nitrogen and oxygen atoms in total. The van der Waals surface area contributed by atoms with Crippen molar-refractivity contribution in [2.24, 2.45) is 5.41 Å². The van der Waals surface area contributed by atoms with E-state index >= 15 is 0 Å². The van der Waals surface area contributed by atoms with Crippen molar-refractivity contribution in [3.63, 3.8) is 0 Å². The molecule has 0 saturated heterocycles. The Balaban J connectivity index is 1.69. The summed E-state index contributed by atoms with van der Waals surface area (Å²) in [5.74, 6) is 1.71. The van der Waals surface area contributed by atoms with E-state index in [4.69, 9.17) is 4.74 Å². The van der Waals surface area contributed by atoms with Crippen LogP contribution in [0.4, 0.5) is 5.69 Å². The van der Waals surface area contributed by atoms with Crippen LogP contribution in [-0.4, -0.2) is 30.9 Å². The van der Waals surface area contributed by atoms with Crippen molar-refractivity contribution in [3.05, 3.63) is 59.2 Å². The van der Waals surface area contributed by atoms with Gasteiger partial charge in [0.2, 0.25) is 0 Å². The summed E-state index contributed by atoms with van der Waals surface area (Å²) in [4.78, 5) is 12.7. The van der Waals surface area contributed by atoms with Crippen LogP contribution >= 0.6 is 11.8 Å². The number of benzene rings is 2. The molecule has 0 spiro atoms.